The Hall–Kier alpha value is -4.51. The molecular weight excluding hydrogens is 580 g/mol. The third-order valence-corrected chi connectivity index (χ3v) is 8.50. The number of carbonyl (C=O) groups is 1. The van der Waals surface area contributed by atoms with Crippen molar-refractivity contribution in [3.05, 3.63) is 137 Å². The first-order valence-electron chi connectivity index (χ1n) is 15.4. The first-order chi connectivity index (χ1) is 22.4. The molecule has 46 heavy (non-hydrogen) atoms. The highest BCUT2D eigenvalue weighted by molar-refractivity contribution is 6.03. The number of likely N-dealkylation sites (N-methyl/N-ethyl adjacent to an activating group) is 1. The van der Waals surface area contributed by atoms with E-state index >= 15 is 0 Å². The standard InChI is InChI=1S/C37H38N4O5/c1-24(35(43)27-9-4-3-5-10-27)41(2)22-30-20-34(26-17-15-25(23-42)16-18-26)46-37(45-30)28-11-8-12-29(19-28)39-36(44)33-21-38-31-13-6-7-14-32(31)40-33/h3-19,21,24,30,34-35,37,42-43H,20,22-23H2,1-2H3,(H,39,44)/t24-,30-,34+,35-,37+/m0/s1. The Morgan fingerprint density at radius 2 is 1.67 bits per heavy atom. The predicted molar refractivity (Wildman–Crippen MR) is 176 cm³/mol. The summed E-state index contributed by atoms with van der Waals surface area (Å²) >= 11 is 0. The summed E-state index contributed by atoms with van der Waals surface area (Å²) in [7, 11) is 1.99. The first-order valence-corrected chi connectivity index (χ1v) is 15.4. The van der Waals surface area contributed by atoms with Gasteiger partial charge in [0.05, 0.1) is 42.1 Å². The monoisotopic (exact) mass is 618 g/mol. The van der Waals surface area contributed by atoms with Crippen LogP contribution in [0.5, 0.6) is 0 Å². The highest BCUT2D eigenvalue weighted by Crippen LogP contribution is 2.39. The molecule has 236 valence electrons. The Kier molecular flexibility index (Phi) is 9.77. The number of aliphatic hydroxyl groups is 2. The zero-order chi connectivity index (χ0) is 32.0. The Balaban J connectivity index is 1.21. The van der Waals surface area contributed by atoms with E-state index in [0.29, 0.717) is 24.2 Å². The van der Waals surface area contributed by atoms with E-state index in [1.54, 1.807) is 0 Å². The fourth-order valence-corrected chi connectivity index (χ4v) is 5.72. The summed E-state index contributed by atoms with van der Waals surface area (Å²) in [5, 5.41) is 23.5. The number of anilines is 1. The summed E-state index contributed by atoms with van der Waals surface area (Å²) in [5.41, 5.74) is 5.58. The van der Waals surface area contributed by atoms with Gasteiger partial charge in [-0.1, -0.05) is 78.9 Å². The van der Waals surface area contributed by atoms with Crippen molar-refractivity contribution in [2.75, 3.05) is 18.9 Å². The molecule has 1 aliphatic heterocycles. The number of hydrogen-bond acceptors (Lipinski definition) is 8. The summed E-state index contributed by atoms with van der Waals surface area (Å²) in [6, 6.07) is 32.1. The lowest BCUT2D eigenvalue weighted by molar-refractivity contribution is -0.253. The van der Waals surface area contributed by atoms with Crippen LogP contribution in [0, 0.1) is 0 Å². The summed E-state index contributed by atoms with van der Waals surface area (Å²) in [5.74, 6) is -0.367. The van der Waals surface area contributed by atoms with Crippen LogP contribution >= 0.6 is 0 Å². The van der Waals surface area contributed by atoms with Gasteiger partial charge in [0.25, 0.3) is 5.91 Å². The van der Waals surface area contributed by atoms with Crippen LogP contribution in [0.15, 0.2) is 109 Å². The van der Waals surface area contributed by atoms with E-state index in [1.165, 1.54) is 6.20 Å². The number of fused-ring (bicyclic) bond motifs is 1. The molecule has 1 aromatic heterocycles. The third kappa shape index (κ3) is 7.31. The van der Waals surface area contributed by atoms with Crippen LogP contribution in [-0.2, 0) is 16.1 Å². The second kappa shape index (κ2) is 14.3. The largest absolute Gasteiger partial charge is 0.392 e. The van der Waals surface area contributed by atoms with Gasteiger partial charge in [-0.25, -0.2) is 4.98 Å². The molecule has 4 aromatic carbocycles. The third-order valence-electron chi connectivity index (χ3n) is 8.50. The molecule has 0 bridgehead atoms. The second-order valence-electron chi connectivity index (χ2n) is 11.7. The van der Waals surface area contributed by atoms with Gasteiger partial charge in [0.1, 0.15) is 5.69 Å². The van der Waals surface area contributed by atoms with E-state index in [1.807, 2.05) is 117 Å². The van der Waals surface area contributed by atoms with Gasteiger partial charge >= 0.3 is 0 Å². The number of benzene rings is 4. The number of nitrogens with one attached hydrogen (secondary N) is 1. The van der Waals surface area contributed by atoms with Crippen molar-refractivity contribution in [2.45, 2.75) is 50.6 Å². The summed E-state index contributed by atoms with van der Waals surface area (Å²) in [6.45, 7) is 2.54. The number of rotatable bonds is 10. The lowest BCUT2D eigenvalue weighted by Crippen LogP contribution is -2.43. The van der Waals surface area contributed by atoms with Crippen LogP contribution in [0.1, 0.15) is 64.6 Å². The van der Waals surface area contributed by atoms with E-state index in [0.717, 1.165) is 27.8 Å². The molecule has 0 radical (unpaired) electrons. The lowest BCUT2D eigenvalue weighted by atomic mass is 9.98. The van der Waals surface area contributed by atoms with Crippen LogP contribution in [0.3, 0.4) is 0 Å². The summed E-state index contributed by atoms with van der Waals surface area (Å²) < 4.78 is 13.1. The molecule has 0 spiro atoms. The quantitative estimate of drug-likeness (QED) is 0.175. The van der Waals surface area contributed by atoms with Crippen LogP contribution in [-0.4, -0.2) is 56.7 Å². The average molecular weight is 619 g/mol. The molecule has 3 N–H and O–H groups in total. The SMILES string of the molecule is C[C@@H]([C@H](O)c1ccccc1)N(C)C[C@@H]1C[C@H](c2ccc(CO)cc2)O[C@H](c2cccc(NC(=O)c3cnc4ccccc4n3)c2)O1. The van der Waals surface area contributed by atoms with Gasteiger partial charge in [0.15, 0.2) is 6.29 Å². The molecule has 1 saturated heterocycles. The number of ether oxygens (including phenoxy) is 2. The molecule has 9 nitrogen and oxygen atoms in total. The van der Waals surface area contributed by atoms with E-state index < -0.39 is 12.4 Å². The van der Waals surface area contributed by atoms with Gasteiger partial charge in [-0.2, -0.15) is 0 Å². The van der Waals surface area contributed by atoms with Crippen LogP contribution < -0.4 is 5.32 Å². The Bertz CT molecular complexity index is 1770. The second-order valence-corrected chi connectivity index (χ2v) is 11.7. The zero-order valence-corrected chi connectivity index (χ0v) is 25.9. The number of hydrogen-bond donors (Lipinski definition) is 3. The van der Waals surface area contributed by atoms with Crippen LogP contribution in [0.4, 0.5) is 5.69 Å². The van der Waals surface area contributed by atoms with Crippen molar-refractivity contribution in [3.8, 4) is 0 Å². The van der Waals surface area contributed by atoms with Gasteiger partial charge in [-0.3, -0.25) is 14.7 Å². The number of nitrogens with zero attached hydrogens (tertiary/aromatic N) is 3. The topological polar surface area (TPSA) is 117 Å². The Morgan fingerprint density at radius 3 is 2.43 bits per heavy atom. The van der Waals surface area contributed by atoms with Gasteiger partial charge in [0, 0.05) is 30.3 Å². The normalized spacial score (nSPS) is 19.5. The molecule has 1 fully saturated rings. The van der Waals surface area contributed by atoms with Crippen molar-refractivity contribution in [3.63, 3.8) is 0 Å². The molecule has 5 aromatic rings. The number of aromatic nitrogens is 2. The molecule has 5 atom stereocenters. The maximum absolute atomic E-state index is 13.1. The summed E-state index contributed by atoms with van der Waals surface area (Å²) in [4.78, 5) is 24.0. The number of para-hydroxylation sites is 2. The molecule has 2 heterocycles. The highest BCUT2D eigenvalue weighted by Gasteiger charge is 2.34. The molecule has 9 heteroatoms. The minimum absolute atomic E-state index is 0.0319. The highest BCUT2D eigenvalue weighted by atomic mass is 16.7. The maximum atomic E-state index is 13.1. The lowest BCUT2D eigenvalue weighted by Gasteiger charge is -2.39. The molecule has 1 amide bonds. The van der Waals surface area contributed by atoms with Crippen molar-refractivity contribution in [1.29, 1.82) is 0 Å². The molecular formula is C37H38N4O5. The predicted octanol–water partition coefficient (Wildman–Crippen LogP) is 5.97. The van der Waals surface area contributed by atoms with E-state index in [2.05, 4.69) is 20.2 Å². The van der Waals surface area contributed by atoms with Gasteiger partial charge in [-0.15, -0.1) is 0 Å². The fraction of sp³-hybridized carbons (Fsp3) is 0.270. The Morgan fingerprint density at radius 1 is 0.935 bits per heavy atom. The van der Waals surface area contributed by atoms with Gasteiger partial charge < -0.3 is 25.0 Å². The minimum atomic E-state index is -0.707. The smallest absolute Gasteiger partial charge is 0.275 e. The van der Waals surface area contributed by atoms with Gasteiger partial charge in [0.2, 0.25) is 0 Å². The number of aliphatic hydroxyl groups excluding tert-OH is 2. The molecule has 0 saturated carbocycles. The van der Waals surface area contributed by atoms with Crippen LogP contribution in [0.2, 0.25) is 0 Å². The number of amides is 1. The van der Waals surface area contributed by atoms with Crippen molar-refractivity contribution in [1.82, 2.24) is 14.9 Å². The van der Waals surface area contributed by atoms with E-state index in [-0.39, 0.29) is 36.5 Å². The number of carbonyl (C=O) groups excluding carboxylic acids is 1. The van der Waals surface area contributed by atoms with E-state index in [9.17, 15) is 15.0 Å². The molecule has 0 aliphatic carbocycles. The maximum Gasteiger partial charge on any atom is 0.275 e. The molecule has 1 aliphatic rings. The summed E-state index contributed by atoms with van der Waals surface area (Å²) in [6.07, 6.45) is 0.217. The van der Waals surface area contributed by atoms with Crippen molar-refractivity contribution in [2.24, 2.45) is 0 Å². The first kappa shape index (κ1) is 31.5. The van der Waals surface area contributed by atoms with Gasteiger partial charge in [-0.05, 0) is 54.9 Å². The fourth-order valence-electron chi connectivity index (χ4n) is 5.72. The van der Waals surface area contributed by atoms with Crippen LogP contribution in [0.25, 0.3) is 11.0 Å². The molecule has 0 unspecified atom stereocenters. The van der Waals surface area contributed by atoms with E-state index in [4.69, 9.17) is 9.47 Å². The Labute approximate surface area is 268 Å². The average Bonchev–Trinajstić information content (AvgIpc) is 3.11. The minimum Gasteiger partial charge on any atom is -0.392 e. The van der Waals surface area contributed by atoms with Crippen molar-refractivity contribution >= 4 is 22.6 Å². The molecule has 6 rings (SSSR count). The zero-order valence-electron chi connectivity index (χ0n) is 25.9. The van der Waals surface area contributed by atoms with Crippen molar-refractivity contribution < 1.29 is 24.5 Å².